The van der Waals surface area contributed by atoms with Crippen LogP contribution < -0.4 is 0 Å². The number of hydrogen-bond donors (Lipinski definition) is 3. The molecule has 0 rings (SSSR count). The molecule has 0 aromatic heterocycles. The van der Waals surface area contributed by atoms with Crippen LogP contribution in [0.4, 0.5) is 0 Å². The SMILES string of the molecule is CCCC(O)CC(O)CCC(C)O. The van der Waals surface area contributed by atoms with E-state index in [0.29, 0.717) is 19.3 Å². The van der Waals surface area contributed by atoms with E-state index in [4.69, 9.17) is 5.11 Å². The first kappa shape index (κ1) is 12.9. The highest BCUT2D eigenvalue weighted by Crippen LogP contribution is 2.10. The summed E-state index contributed by atoms with van der Waals surface area (Å²) in [7, 11) is 0. The Hall–Kier alpha value is -0.120. The molecule has 3 nitrogen and oxygen atoms in total. The van der Waals surface area contributed by atoms with E-state index in [1.165, 1.54) is 0 Å². The topological polar surface area (TPSA) is 60.7 Å². The minimum atomic E-state index is -0.476. The second-order valence-electron chi connectivity index (χ2n) is 3.76. The molecule has 3 heteroatoms. The van der Waals surface area contributed by atoms with Crippen molar-refractivity contribution >= 4 is 0 Å². The van der Waals surface area contributed by atoms with Crippen molar-refractivity contribution in [2.24, 2.45) is 0 Å². The first-order chi connectivity index (χ1) is 6.06. The van der Waals surface area contributed by atoms with Gasteiger partial charge in [-0.15, -0.1) is 0 Å². The Bertz CT molecular complexity index is 115. The molecule has 0 aliphatic rings. The first-order valence-corrected chi connectivity index (χ1v) is 5.10. The molecule has 0 fully saturated rings. The van der Waals surface area contributed by atoms with Gasteiger partial charge >= 0.3 is 0 Å². The molecule has 0 aromatic carbocycles. The maximum Gasteiger partial charge on any atom is 0.0565 e. The van der Waals surface area contributed by atoms with Gasteiger partial charge in [0.25, 0.3) is 0 Å². The Morgan fingerprint density at radius 2 is 1.46 bits per heavy atom. The lowest BCUT2D eigenvalue weighted by atomic mass is 10.0. The molecular formula is C10H22O3. The van der Waals surface area contributed by atoms with Gasteiger partial charge in [-0.05, 0) is 32.6 Å². The number of aliphatic hydroxyl groups excluding tert-OH is 3. The first-order valence-electron chi connectivity index (χ1n) is 5.10. The van der Waals surface area contributed by atoms with Gasteiger partial charge in [0, 0.05) is 0 Å². The molecule has 0 heterocycles. The molecule has 0 spiro atoms. The van der Waals surface area contributed by atoms with Crippen molar-refractivity contribution < 1.29 is 15.3 Å². The lowest BCUT2D eigenvalue weighted by Gasteiger charge is -2.15. The highest BCUT2D eigenvalue weighted by atomic mass is 16.3. The van der Waals surface area contributed by atoms with E-state index >= 15 is 0 Å². The summed E-state index contributed by atoms with van der Waals surface area (Å²) in [6.07, 6.45) is 2.04. The molecule has 0 aromatic rings. The zero-order valence-electron chi connectivity index (χ0n) is 8.61. The normalized spacial score (nSPS) is 18.2. The molecule has 0 aliphatic heterocycles. The van der Waals surface area contributed by atoms with Gasteiger partial charge in [-0.2, -0.15) is 0 Å². The van der Waals surface area contributed by atoms with Crippen LogP contribution in [0.2, 0.25) is 0 Å². The molecule has 0 aliphatic carbocycles. The van der Waals surface area contributed by atoms with E-state index in [1.54, 1.807) is 6.92 Å². The molecule has 0 saturated heterocycles. The Balaban J connectivity index is 3.43. The summed E-state index contributed by atoms with van der Waals surface area (Å²) in [5, 5.41) is 27.8. The van der Waals surface area contributed by atoms with Crippen molar-refractivity contribution in [1.82, 2.24) is 0 Å². The van der Waals surface area contributed by atoms with E-state index < -0.39 is 12.2 Å². The standard InChI is InChI=1S/C10H22O3/c1-3-4-9(12)7-10(13)6-5-8(2)11/h8-13H,3-7H2,1-2H3. The second-order valence-corrected chi connectivity index (χ2v) is 3.76. The van der Waals surface area contributed by atoms with Crippen LogP contribution in [-0.2, 0) is 0 Å². The lowest BCUT2D eigenvalue weighted by Crippen LogP contribution is -2.18. The Labute approximate surface area is 80.4 Å². The predicted molar refractivity (Wildman–Crippen MR) is 52.5 cm³/mol. The van der Waals surface area contributed by atoms with Gasteiger partial charge in [-0.1, -0.05) is 13.3 Å². The third-order valence-corrected chi connectivity index (χ3v) is 2.08. The molecule has 0 radical (unpaired) electrons. The summed E-state index contributed by atoms with van der Waals surface area (Å²) in [4.78, 5) is 0. The summed E-state index contributed by atoms with van der Waals surface area (Å²) in [6, 6.07) is 0. The Morgan fingerprint density at radius 3 is 1.92 bits per heavy atom. The molecule has 13 heavy (non-hydrogen) atoms. The summed E-state index contributed by atoms with van der Waals surface area (Å²) in [6.45, 7) is 3.71. The van der Waals surface area contributed by atoms with Gasteiger partial charge in [0.1, 0.15) is 0 Å². The van der Waals surface area contributed by atoms with Crippen LogP contribution in [-0.4, -0.2) is 33.6 Å². The lowest BCUT2D eigenvalue weighted by molar-refractivity contribution is 0.0599. The highest BCUT2D eigenvalue weighted by molar-refractivity contribution is 4.64. The summed E-state index contributed by atoms with van der Waals surface area (Å²) < 4.78 is 0. The predicted octanol–water partition coefficient (Wildman–Crippen LogP) is 1.06. The van der Waals surface area contributed by atoms with Crippen LogP contribution in [0.5, 0.6) is 0 Å². The average molecular weight is 190 g/mol. The van der Waals surface area contributed by atoms with E-state index in [2.05, 4.69) is 0 Å². The molecule has 3 atom stereocenters. The fourth-order valence-electron chi connectivity index (χ4n) is 1.32. The monoisotopic (exact) mass is 190 g/mol. The number of aliphatic hydroxyl groups is 3. The fourth-order valence-corrected chi connectivity index (χ4v) is 1.32. The van der Waals surface area contributed by atoms with Gasteiger partial charge in [-0.25, -0.2) is 0 Å². The van der Waals surface area contributed by atoms with Gasteiger partial charge in [0.2, 0.25) is 0 Å². The minimum Gasteiger partial charge on any atom is -0.393 e. The van der Waals surface area contributed by atoms with Gasteiger partial charge < -0.3 is 15.3 Å². The van der Waals surface area contributed by atoms with Crippen molar-refractivity contribution in [3.8, 4) is 0 Å². The molecular weight excluding hydrogens is 168 g/mol. The second kappa shape index (κ2) is 7.30. The van der Waals surface area contributed by atoms with Crippen LogP contribution in [0, 0.1) is 0 Å². The van der Waals surface area contributed by atoms with Crippen molar-refractivity contribution in [2.45, 2.75) is 64.3 Å². The maximum atomic E-state index is 9.42. The van der Waals surface area contributed by atoms with E-state index in [-0.39, 0.29) is 6.10 Å². The summed E-state index contributed by atoms with van der Waals surface area (Å²) >= 11 is 0. The van der Waals surface area contributed by atoms with Crippen molar-refractivity contribution in [3.05, 3.63) is 0 Å². The van der Waals surface area contributed by atoms with E-state index in [1.807, 2.05) is 6.92 Å². The van der Waals surface area contributed by atoms with Crippen molar-refractivity contribution in [2.75, 3.05) is 0 Å². The Morgan fingerprint density at radius 1 is 0.923 bits per heavy atom. The molecule has 80 valence electrons. The smallest absolute Gasteiger partial charge is 0.0565 e. The van der Waals surface area contributed by atoms with Crippen LogP contribution in [0.1, 0.15) is 46.0 Å². The van der Waals surface area contributed by atoms with Crippen molar-refractivity contribution in [1.29, 1.82) is 0 Å². The van der Waals surface area contributed by atoms with Crippen molar-refractivity contribution in [3.63, 3.8) is 0 Å². The summed E-state index contributed by atoms with van der Waals surface area (Å²) in [5.41, 5.74) is 0. The van der Waals surface area contributed by atoms with Gasteiger partial charge in [0.05, 0.1) is 18.3 Å². The maximum absolute atomic E-state index is 9.42. The fraction of sp³-hybridized carbons (Fsp3) is 1.00. The molecule has 0 bridgehead atoms. The van der Waals surface area contributed by atoms with Crippen LogP contribution in [0.15, 0.2) is 0 Å². The van der Waals surface area contributed by atoms with Crippen LogP contribution in [0.25, 0.3) is 0 Å². The molecule has 0 amide bonds. The largest absolute Gasteiger partial charge is 0.393 e. The molecule has 3 N–H and O–H groups in total. The third kappa shape index (κ3) is 8.22. The minimum absolute atomic E-state index is 0.363. The zero-order valence-corrected chi connectivity index (χ0v) is 8.61. The Kier molecular flexibility index (Phi) is 7.23. The van der Waals surface area contributed by atoms with E-state index in [9.17, 15) is 10.2 Å². The van der Waals surface area contributed by atoms with Gasteiger partial charge in [-0.3, -0.25) is 0 Å². The zero-order chi connectivity index (χ0) is 10.3. The highest BCUT2D eigenvalue weighted by Gasteiger charge is 2.11. The average Bonchev–Trinajstić information content (AvgIpc) is 2.01. The molecule has 0 saturated carbocycles. The van der Waals surface area contributed by atoms with Gasteiger partial charge in [0.15, 0.2) is 0 Å². The number of rotatable bonds is 7. The van der Waals surface area contributed by atoms with E-state index in [0.717, 1.165) is 12.8 Å². The quantitative estimate of drug-likeness (QED) is 0.562. The van der Waals surface area contributed by atoms with Crippen LogP contribution >= 0.6 is 0 Å². The van der Waals surface area contributed by atoms with Crippen LogP contribution in [0.3, 0.4) is 0 Å². The third-order valence-electron chi connectivity index (χ3n) is 2.08. The molecule has 3 unspecified atom stereocenters. The summed E-state index contributed by atoms with van der Waals surface area (Å²) in [5.74, 6) is 0. The number of hydrogen-bond acceptors (Lipinski definition) is 3.